The van der Waals surface area contributed by atoms with Gasteiger partial charge in [0.2, 0.25) is 0 Å². The minimum Gasteiger partial charge on any atom is -0.306 e. The second-order valence-electron chi connectivity index (χ2n) is 5.13. The number of rotatable bonds is 4. The van der Waals surface area contributed by atoms with Crippen molar-refractivity contribution in [1.82, 2.24) is 5.32 Å². The summed E-state index contributed by atoms with van der Waals surface area (Å²) in [7, 11) is 0. The quantitative estimate of drug-likeness (QED) is 0.592. The molecule has 21 heavy (non-hydrogen) atoms. The Bertz CT molecular complexity index is 634. The zero-order chi connectivity index (χ0) is 15.6. The first-order valence-corrected chi connectivity index (χ1v) is 8.76. The van der Waals surface area contributed by atoms with Gasteiger partial charge in [0.15, 0.2) is 0 Å². The smallest absolute Gasteiger partial charge is 0.128 e. The third kappa shape index (κ3) is 3.85. The molecule has 1 nitrogen and oxygen atoms in total. The minimum absolute atomic E-state index is 0.139. The van der Waals surface area contributed by atoms with Crippen LogP contribution < -0.4 is 5.32 Å². The summed E-state index contributed by atoms with van der Waals surface area (Å²) in [6.45, 7) is 6.71. The van der Waals surface area contributed by atoms with E-state index in [2.05, 4.69) is 49.9 Å². The van der Waals surface area contributed by atoms with Crippen LogP contribution in [0.1, 0.15) is 35.2 Å². The normalized spacial score (nSPS) is 12.5. The van der Waals surface area contributed by atoms with E-state index >= 15 is 0 Å². The highest BCUT2D eigenvalue weighted by Crippen LogP contribution is 2.32. The Balaban J connectivity index is 2.61. The lowest BCUT2D eigenvalue weighted by atomic mass is 9.93. The summed E-state index contributed by atoms with van der Waals surface area (Å²) in [5.41, 5.74) is 3.76. The number of hydrogen-bond donors (Lipinski definition) is 1. The van der Waals surface area contributed by atoms with Gasteiger partial charge in [-0.2, -0.15) is 0 Å². The number of benzene rings is 2. The molecule has 1 N–H and O–H groups in total. The van der Waals surface area contributed by atoms with Crippen LogP contribution in [-0.4, -0.2) is 6.54 Å². The fourth-order valence-electron chi connectivity index (χ4n) is 2.60. The van der Waals surface area contributed by atoms with Gasteiger partial charge in [-0.1, -0.05) is 28.9 Å². The molecule has 1 unspecified atom stereocenters. The molecule has 0 saturated heterocycles. The van der Waals surface area contributed by atoms with Gasteiger partial charge in [-0.25, -0.2) is 4.39 Å². The SMILES string of the molecule is CCNC(c1cc(Br)ccc1I)c1c(C)cc(C)cc1F. The first-order chi connectivity index (χ1) is 9.93. The van der Waals surface area contributed by atoms with Crippen molar-refractivity contribution < 1.29 is 4.39 Å². The Kier molecular flexibility index (Phi) is 5.80. The molecule has 2 rings (SSSR count). The number of nitrogens with one attached hydrogen (secondary N) is 1. The maximum atomic E-state index is 14.5. The Hall–Kier alpha value is -0.460. The zero-order valence-electron chi connectivity index (χ0n) is 12.3. The molecule has 0 amide bonds. The average Bonchev–Trinajstić information content (AvgIpc) is 2.39. The van der Waals surface area contributed by atoms with Crippen LogP contribution in [0.5, 0.6) is 0 Å². The van der Waals surface area contributed by atoms with Crippen molar-refractivity contribution in [2.45, 2.75) is 26.8 Å². The maximum Gasteiger partial charge on any atom is 0.128 e. The van der Waals surface area contributed by atoms with Gasteiger partial charge in [0.05, 0.1) is 6.04 Å². The predicted molar refractivity (Wildman–Crippen MR) is 98.3 cm³/mol. The first kappa shape index (κ1) is 16.9. The second kappa shape index (κ2) is 7.20. The molecule has 0 bridgehead atoms. The van der Waals surface area contributed by atoms with E-state index in [4.69, 9.17) is 0 Å². The molecule has 4 heteroatoms. The van der Waals surface area contributed by atoms with E-state index in [1.807, 2.05) is 39.0 Å². The van der Waals surface area contributed by atoms with Crippen LogP contribution in [0.2, 0.25) is 0 Å². The van der Waals surface area contributed by atoms with Gasteiger partial charge in [0.1, 0.15) is 5.82 Å². The molecular weight excluding hydrogens is 444 g/mol. The lowest BCUT2D eigenvalue weighted by Gasteiger charge is -2.23. The van der Waals surface area contributed by atoms with Crippen LogP contribution in [-0.2, 0) is 0 Å². The molecule has 0 aromatic heterocycles. The topological polar surface area (TPSA) is 12.0 Å². The van der Waals surface area contributed by atoms with Crippen LogP contribution in [0.4, 0.5) is 4.39 Å². The number of hydrogen-bond acceptors (Lipinski definition) is 1. The molecule has 112 valence electrons. The summed E-state index contributed by atoms with van der Waals surface area (Å²) in [4.78, 5) is 0. The Morgan fingerprint density at radius 3 is 2.57 bits per heavy atom. The van der Waals surface area contributed by atoms with E-state index in [-0.39, 0.29) is 11.9 Å². The van der Waals surface area contributed by atoms with E-state index in [1.54, 1.807) is 6.07 Å². The Labute approximate surface area is 147 Å². The van der Waals surface area contributed by atoms with E-state index < -0.39 is 0 Å². The van der Waals surface area contributed by atoms with Gasteiger partial charge in [-0.3, -0.25) is 0 Å². The predicted octanol–water partition coefficient (Wildman–Crippen LogP) is 5.51. The van der Waals surface area contributed by atoms with Crippen LogP contribution in [0.3, 0.4) is 0 Å². The molecule has 0 aliphatic carbocycles. The van der Waals surface area contributed by atoms with Gasteiger partial charge in [-0.05, 0) is 83.9 Å². The molecule has 0 radical (unpaired) electrons. The minimum atomic E-state index is -0.144. The molecule has 1 atom stereocenters. The van der Waals surface area contributed by atoms with Gasteiger partial charge < -0.3 is 5.32 Å². The largest absolute Gasteiger partial charge is 0.306 e. The van der Waals surface area contributed by atoms with Gasteiger partial charge >= 0.3 is 0 Å². The highest BCUT2D eigenvalue weighted by Gasteiger charge is 2.21. The van der Waals surface area contributed by atoms with Crippen molar-refractivity contribution in [3.63, 3.8) is 0 Å². The standard InChI is InChI=1S/C17H18BrFIN/c1-4-21-17(13-9-12(18)5-6-15(13)20)16-11(3)7-10(2)8-14(16)19/h5-9,17,21H,4H2,1-3H3. The van der Waals surface area contributed by atoms with Crippen LogP contribution in [0, 0.1) is 23.2 Å². The zero-order valence-corrected chi connectivity index (χ0v) is 16.0. The highest BCUT2D eigenvalue weighted by molar-refractivity contribution is 14.1. The van der Waals surface area contributed by atoms with E-state index in [0.717, 1.165) is 36.8 Å². The van der Waals surface area contributed by atoms with Crippen molar-refractivity contribution in [1.29, 1.82) is 0 Å². The van der Waals surface area contributed by atoms with E-state index in [9.17, 15) is 4.39 Å². The van der Waals surface area contributed by atoms with Crippen molar-refractivity contribution >= 4 is 38.5 Å². The number of halogens is 3. The first-order valence-electron chi connectivity index (χ1n) is 6.89. The van der Waals surface area contributed by atoms with Crippen LogP contribution in [0.25, 0.3) is 0 Å². The molecule has 0 spiro atoms. The lowest BCUT2D eigenvalue weighted by molar-refractivity contribution is 0.554. The third-order valence-electron chi connectivity index (χ3n) is 3.45. The third-order valence-corrected chi connectivity index (χ3v) is 4.92. The summed E-state index contributed by atoms with van der Waals surface area (Å²) < 4.78 is 16.7. The van der Waals surface area contributed by atoms with Crippen molar-refractivity contribution in [3.05, 3.63) is 66.4 Å². The van der Waals surface area contributed by atoms with Gasteiger partial charge in [-0.15, -0.1) is 0 Å². The molecule has 0 saturated carbocycles. The fraction of sp³-hybridized carbons (Fsp3) is 0.294. The van der Waals surface area contributed by atoms with Crippen LogP contribution in [0.15, 0.2) is 34.8 Å². The Morgan fingerprint density at radius 2 is 1.95 bits per heavy atom. The second-order valence-corrected chi connectivity index (χ2v) is 7.21. The van der Waals surface area contributed by atoms with E-state index in [1.165, 1.54) is 0 Å². The molecule has 0 heterocycles. The molecule has 0 aliphatic heterocycles. The maximum absolute atomic E-state index is 14.5. The van der Waals surface area contributed by atoms with Crippen molar-refractivity contribution in [2.24, 2.45) is 0 Å². The molecule has 2 aromatic rings. The molecule has 0 aliphatic rings. The lowest BCUT2D eigenvalue weighted by Crippen LogP contribution is -2.25. The van der Waals surface area contributed by atoms with Crippen molar-refractivity contribution in [3.8, 4) is 0 Å². The van der Waals surface area contributed by atoms with Gasteiger partial charge in [0, 0.05) is 13.6 Å². The summed E-state index contributed by atoms with van der Waals surface area (Å²) in [5, 5.41) is 3.42. The van der Waals surface area contributed by atoms with Gasteiger partial charge in [0.25, 0.3) is 0 Å². The molecular formula is C17H18BrFIN. The monoisotopic (exact) mass is 461 g/mol. The van der Waals surface area contributed by atoms with Crippen LogP contribution >= 0.6 is 38.5 Å². The fourth-order valence-corrected chi connectivity index (χ4v) is 3.63. The summed E-state index contributed by atoms with van der Waals surface area (Å²) in [5.74, 6) is -0.144. The van der Waals surface area contributed by atoms with E-state index in [0.29, 0.717) is 0 Å². The summed E-state index contributed by atoms with van der Waals surface area (Å²) in [6.07, 6.45) is 0. The average molecular weight is 462 g/mol. The molecule has 0 fully saturated rings. The van der Waals surface area contributed by atoms with Crippen molar-refractivity contribution in [2.75, 3.05) is 6.54 Å². The highest BCUT2D eigenvalue weighted by atomic mass is 127. The Morgan fingerprint density at radius 1 is 1.24 bits per heavy atom. The summed E-state index contributed by atoms with van der Waals surface area (Å²) in [6, 6.07) is 9.62. The summed E-state index contributed by atoms with van der Waals surface area (Å²) >= 11 is 5.82. The number of aryl methyl sites for hydroxylation is 2. The molecule has 2 aromatic carbocycles.